The third-order valence-electron chi connectivity index (χ3n) is 2.21. The summed E-state index contributed by atoms with van der Waals surface area (Å²) in [6.07, 6.45) is 1.61. The van der Waals surface area contributed by atoms with Crippen molar-refractivity contribution in [2.24, 2.45) is 5.92 Å². The fourth-order valence-electron chi connectivity index (χ4n) is 1.65. The van der Waals surface area contributed by atoms with Crippen LogP contribution in [0.1, 0.15) is 26.7 Å². The molecule has 1 aliphatic rings. The first-order valence-corrected chi connectivity index (χ1v) is 4.45. The van der Waals surface area contributed by atoms with E-state index in [2.05, 4.69) is 19.2 Å². The lowest BCUT2D eigenvalue weighted by Crippen LogP contribution is -2.33. The SMILES string of the molecule is CO[C@@H]1CC(=O)N[C@@H]1CC(C)C. The highest BCUT2D eigenvalue weighted by atomic mass is 16.5. The van der Waals surface area contributed by atoms with Crippen molar-refractivity contribution in [3.8, 4) is 0 Å². The summed E-state index contributed by atoms with van der Waals surface area (Å²) in [5.74, 6) is 0.721. The van der Waals surface area contributed by atoms with Gasteiger partial charge in [0, 0.05) is 7.11 Å². The maximum absolute atomic E-state index is 11.0. The van der Waals surface area contributed by atoms with Gasteiger partial charge in [0.25, 0.3) is 0 Å². The second-order valence-electron chi connectivity index (χ2n) is 3.78. The van der Waals surface area contributed by atoms with Crippen molar-refractivity contribution in [2.75, 3.05) is 7.11 Å². The van der Waals surface area contributed by atoms with Gasteiger partial charge in [-0.3, -0.25) is 4.79 Å². The first kappa shape index (κ1) is 9.52. The number of ether oxygens (including phenoxy) is 1. The van der Waals surface area contributed by atoms with Crippen molar-refractivity contribution in [1.29, 1.82) is 0 Å². The maximum atomic E-state index is 11.0. The summed E-state index contributed by atoms with van der Waals surface area (Å²) in [5.41, 5.74) is 0. The Hall–Kier alpha value is -0.570. The van der Waals surface area contributed by atoms with Crippen LogP contribution in [0.15, 0.2) is 0 Å². The second-order valence-corrected chi connectivity index (χ2v) is 3.78. The van der Waals surface area contributed by atoms with Crippen LogP contribution in [-0.2, 0) is 9.53 Å². The van der Waals surface area contributed by atoms with Crippen LogP contribution in [0.4, 0.5) is 0 Å². The van der Waals surface area contributed by atoms with Gasteiger partial charge in [-0.25, -0.2) is 0 Å². The molecule has 1 amide bonds. The molecule has 0 aliphatic carbocycles. The highest BCUT2D eigenvalue weighted by Gasteiger charge is 2.32. The minimum Gasteiger partial charge on any atom is -0.379 e. The van der Waals surface area contributed by atoms with E-state index >= 15 is 0 Å². The Morgan fingerprint density at radius 1 is 1.67 bits per heavy atom. The summed E-state index contributed by atoms with van der Waals surface area (Å²) in [6.45, 7) is 4.30. The molecular weight excluding hydrogens is 154 g/mol. The number of hydrogen-bond donors (Lipinski definition) is 1. The van der Waals surface area contributed by atoms with Crippen LogP contribution >= 0.6 is 0 Å². The largest absolute Gasteiger partial charge is 0.379 e. The molecule has 1 saturated heterocycles. The molecule has 2 atom stereocenters. The Bertz CT molecular complexity index is 168. The smallest absolute Gasteiger partial charge is 0.222 e. The van der Waals surface area contributed by atoms with Crippen LogP contribution in [-0.4, -0.2) is 25.2 Å². The van der Waals surface area contributed by atoms with Gasteiger partial charge in [0.15, 0.2) is 0 Å². The van der Waals surface area contributed by atoms with E-state index in [1.54, 1.807) is 7.11 Å². The van der Waals surface area contributed by atoms with Gasteiger partial charge < -0.3 is 10.1 Å². The molecule has 0 aromatic rings. The van der Waals surface area contributed by atoms with Gasteiger partial charge in [-0.15, -0.1) is 0 Å². The van der Waals surface area contributed by atoms with Gasteiger partial charge in [-0.2, -0.15) is 0 Å². The lowest BCUT2D eigenvalue weighted by atomic mass is 10.0. The molecule has 0 aromatic carbocycles. The van der Waals surface area contributed by atoms with Crippen molar-refractivity contribution in [1.82, 2.24) is 5.32 Å². The number of rotatable bonds is 3. The van der Waals surface area contributed by atoms with Gasteiger partial charge >= 0.3 is 0 Å². The van der Waals surface area contributed by atoms with Crippen LogP contribution in [0.2, 0.25) is 0 Å². The van der Waals surface area contributed by atoms with E-state index < -0.39 is 0 Å². The van der Waals surface area contributed by atoms with Gasteiger partial charge in [0.05, 0.1) is 18.6 Å². The van der Waals surface area contributed by atoms with E-state index in [0.717, 1.165) is 6.42 Å². The van der Waals surface area contributed by atoms with Crippen molar-refractivity contribution >= 4 is 5.91 Å². The molecule has 1 N–H and O–H groups in total. The molecule has 3 heteroatoms. The van der Waals surface area contributed by atoms with Crippen LogP contribution in [0, 0.1) is 5.92 Å². The van der Waals surface area contributed by atoms with Crippen LogP contribution in [0.5, 0.6) is 0 Å². The van der Waals surface area contributed by atoms with Gasteiger partial charge in [-0.05, 0) is 12.3 Å². The zero-order chi connectivity index (χ0) is 9.14. The number of hydrogen-bond acceptors (Lipinski definition) is 2. The van der Waals surface area contributed by atoms with Crippen molar-refractivity contribution < 1.29 is 9.53 Å². The van der Waals surface area contributed by atoms with Crippen molar-refractivity contribution in [2.45, 2.75) is 38.8 Å². The summed E-state index contributed by atoms with van der Waals surface area (Å²) in [7, 11) is 1.66. The quantitative estimate of drug-likeness (QED) is 0.686. The molecule has 1 aliphatic heterocycles. The van der Waals surface area contributed by atoms with Crippen LogP contribution < -0.4 is 5.32 Å². The van der Waals surface area contributed by atoms with Crippen LogP contribution in [0.25, 0.3) is 0 Å². The van der Waals surface area contributed by atoms with Gasteiger partial charge in [0.1, 0.15) is 0 Å². The lowest BCUT2D eigenvalue weighted by Gasteiger charge is -2.18. The third-order valence-corrected chi connectivity index (χ3v) is 2.21. The number of carbonyl (C=O) groups excluding carboxylic acids is 1. The molecule has 0 aromatic heterocycles. The monoisotopic (exact) mass is 171 g/mol. The predicted molar refractivity (Wildman–Crippen MR) is 46.8 cm³/mol. The lowest BCUT2D eigenvalue weighted by molar-refractivity contribution is -0.119. The Balaban J connectivity index is 2.46. The van der Waals surface area contributed by atoms with E-state index in [4.69, 9.17) is 4.74 Å². The van der Waals surface area contributed by atoms with Gasteiger partial charge in [0.2, 0.25) is 5.91 Å². The summed E-state index contributed by atoms with van der Waals surface area (Å²) in [5, 5.41) is 2.92. The minimum absolute atomic E-state index is 0.0832. The normalized spacial score (nSPS) is 29.5. The molecule has 0 saturated carbocycles. The highest BCUT2D eigenvalue weighted by Crippen LogP contribution is 2.18. The van der Waals surface area contributed by atoms with Gasteiger partial charge in [-0.1, -0.05) is 13.8 Å². The molecule has 12 heavy (non-hydrogen) atoms. The fourth-order valence-corrected chi connectivity index (χ4v) is 1.65. The predicted octanol–water partition coefficient (Wildman–Crippen LogP) is 0.936. The number of amides is 1. The molecule has 1 rings (SSSR count). The van der Waals surface area contributed by atoms with Crippen molar-refractivity contribution in [3.05, 3.63) is 0 Å². The molecular formula is C9H17NO2. The Kier molecular flexibility index (Phi) is 3.09. The Morgan fingerprint density at radius 2 is 2.33 bits per heavy atom. The number of carbonyl (C=O) groups is 1. The summed E-state index contributed by atoms with van der Waals surface area (Å²) in [6, 6.07) is 0.225. The molecule has 0 bridgehead atoms. The maximum Gasteiger partial charge on any atom is 0.222 e. The summed E-state index contributed by atoms with van der Waals surface area (Å²) >= 11 is 0. The molecule has 70 valence electrons. The Morgan fingerprint density at radius 3 is 2.83 bits per heavy atom. The molecule has 0 radical (unpaired) electrons. The zero-order valence-electron chi connectivity index (χ0n) is 7.96. The Labute approximate surface area is 73.5 Å². The molecule has 1 fully saturated rings. The van der Waals surface area contributed by atoms with Crippen LogP contribution in [0.3, 0.4) is 0 Å². The van der Waals surface area contributed by atoms with E-state index in [-0.39, 0.29) is 18.1 Å². The van der Waals surface area contributed by atoms with E-state index in [1.165, 1.54) is 0 Å². The number of nitrogens with one attached hydrogen (secondary N) is 1. The van der Waals surface area contributed by atoms with E-state index in [0.29, 0.717) is 12.3 Å². The summed E-state index contributed by atoms with van der Waals surface area (Å²) in [4.78, 5) is 11.0. The van der Waals surface area contributed by atoms with E-state index in [1.807, 2.05) is 0 Å². The average Bonchev–Trinajstić information content (AvgIpc) is 2.29. The topological polar surface area (TPSA) is 38.3 Å². The average molecular weight is 171 g/mol. The third kappa shape index (κ3) is 2.21. The zero-order valence-corrected chi connectivity index (χ0v) is 7.96. The fraction of sp³-hybridized carbons (Fsp3) is 0.889. The second kappa shape index (κ2) is 3.90. The summed E-state index contributed by atoms with van der Waals surface area (Å²) < 4.78 is 5.21. The minimum atomic E-state index is 0.0832. The molecule has 0 spiro atoms. The van der Waals surface area contributed by atoms with Crippen molar-refractivity contribution in [3.63, 3.8) is 0 Å². The standard InChI is InChI=1S/C9H17NO2/c1-6(2)4-7-8(12-3)5-9(11)10-7/h6-8H,4-5H2,1-3H3,(H,10,11)/t7-,8-/m1/s1. The molecule has 0 unspecified atom stereocenters. The highest BCUT2D eigenvalue weighted by molar-refractivity contribution is 5.79. The van der Waals surface area contributed by atoms with E-state index in [9.17, 15) is 4.79 Å². The first-order valence-electron chi connectivity index (χ1n) is 4.45. The number of methoxy groups -OCH3 is 1. The molecule has 1 heterocycles. The first-order chi connectivity index (χ1) is 5.63. The molecule has 3 nitrogen and oxygen atoms in total.